The van der Waals surface area contributed by atoms with Crippen LogP contribution in [0.1, 0.15) is 0 Å². The molecular formula is C50H35NO. The van der Waals surface area contributed by atoms with Crippen LogP contribution in [0, 0.1) is 0 Å². The van der Waals surface area contributed by atoms with E-state index in [-0.39, 0.29) is 0 Å². The minimum Gasteiger partial charge on any atom is -0.456 e. The van der Waals surface area contributed by atoms with Crippen molar-refractivity contribution in [3.05, 3.63) is 212 Å². The number of anilines is 3. The number of furan rings is 1. The topological polar surface area (TPSA) is 16.4 Å². The summed E-state index contributed by atoms with van der Waals surface area (Å²) in [7, 11) is 0. The van der Waals surface area contributed by atoms with Crippen molar-refractivity contribution in [3.63, 3.8) is 0 Å². The lowest BCUT2D eigenvalue weighted by atomic mass is 9.95. The van der Waals surface area contributed by atoms with Gasteiger partial charge in [0.05, 0.1) is 5.69 Å². The van der Waals surface area contributed by atoms with E-state index in [1.54, 1.807) is 0 Å². The quantitative estimate of drug-likeness (QED) is 0.161. The van der Waals surface area contributed by atoms with Crippen LogP contribution in [0.3, 0.4) is 0 Å². The van der Waals surface area contributed by atoms with Gasteiger partial charge in [0.2, 0.25) is 0 Å². The molecule has 0 N–H and O–H groups in total. The van der Waals surface area contributed by atoms with E-state index in [0.717, 1.165) is 56.0 Å². The average Bonchev–Trinajstić information content (AvgIpc) is 3.67. The molecule has 0 aliphatic carbocycles. The summed E-state index contributed by atoms with van der Waals surface area (Å²) in [6.45, 7) is 0. The van der Waals surface area contributed by atoms with E-state index in [4.69, 9.17) is 4.42 Å². The zero-order valence-corrected chi connectivity index (χ0v) is 28.6. The molecular weight excluding hydrogens is 631 g/mol. The molecule has 0 aliphatic rings. The van der Waals surface area contributed by atoms with Crippen molar-refractivity contribution in [2.75, 3.05) is 4.90 Å². The molecule has 0 aliphatic heterocycles. The summed E-state index contributed by atoms with van der Waals surface area (Å²) in [6, 6.07) is 75.2. The van der Waals surface area contributed by atoms with Crippen molar-refractivity contribution in [2.24, 2.45) is 0 Å². The molecule has 0 unspecified atom stereocenters. The maximum atomic E-state index is 6.26. The van der Waals surface area contributed by atoms with E-state index in [2.05, 4.69) is 199 Å². The van der Waals surface area contributed by atoms with E-state index in [1.165, 1.54) is 27.8 Å². The first-order valence-corrected chi connectivity index (χ1v) is 17.7. The molecule has 2 heteroatoms. The Kier molecular flexibility index (Phi) is 8.24. The van der Waals surface area contributed by atoms with E-state index in [9.17, 15) is 0 Å². The van der Waals surface area contributed by atoms with Crippen molar-refractivity contribution in [1.29, 1.82) is 0 Å². The Morgan fingerprint density at radius 2 is 0.731 bits per heavy atom. The second-order valence-electron chi connectivity index (χ2n) is 12.9. The second kappa shape index (κ2) is 13.8. The third-order valence-electron chi connectivity index (χ3n) is 9.74. The highest BCUT2D eigenvalue weighted by atomic mass is 16.3. The highest BCUT2D eigenvalue weighted by molar-refractivity contribution is 5.90. The predicted octanol–water partition coefficient (Wildman–Crippen LogP) is 14.2. The van der Waals surface area contributed by atoms with Gasteiger partial charge in [0.1, 0.15) is 11.3 Å². The number of para-hydroxylation sites is 2. The van der Waals surface area contributed by atoms with Crippen LogP contribution in [0.15, 0.2) is 217 Å². The highest BCUT2D eigenvalue weighted by Crippen LogP contribution is 2.42. The lowest BCUT2D eigenvalue weighted by molar-refractivity contribution is 0.632. The Balaban J connectivity index is 1.06. The zero-order valence-electron chi connectivity index (χ0n) is 28.6. The molecule has 1 heterocycles. The summed E-state index contributed by atoms with van der Waals surface area (Å²) in [4.78, 5) is 2.36. The molecule has 9 aromatic rings. The van der Waals surface area contributed by atoms with Crippen LogP contribution in [0.25, 0.3) is 66.8 Å². The summed E-state index contributed by atoms with van der Waals surface area (Å²) < 4.78 is 6.26. The fourth-order valence-electron chi connectivity index (χ4n) is 7.10. The van der Waals surface area contributed by atoms with Crippen LogP contribution in [0.4, 0.5) is 17.1 Å². The lowest BCUT2D eigenvalue weighted by Gasteiger charge is -2.28. The monoisotopic (exact) mass is 665 g/mol. The minimum absolute atomic E-state index is 0.879. The van der Waals surface area contributed by atoms with E-state index in [0.29, 0.717) is 0 Å². The van der Waals surface area contributed by atoms with Gasteiger partial charge in [0.15, 0.2) is 0 Å². The fraction of sp³-hybridized carbons (Fsp3) is 0. The molecule has 1 aromatic heterocycles. The molecule has 246 valence electrons. The molecule has 0 saturated carbocycles. The second-order valence-corrected chi connectivity index (χ2v) is 12.9. The van der Waals surface area contributed by atoms with Crippen molar-refractivity contribution in [1.82, 2.24) is 0 Å². The maximum Gasteiger partial charge on any atom is 0.136 e. The largest absolute Gasteiger partial charge is 0.456 e. The molecule has 0 radical (unpaired) electrons. The molecule has 9 rings (SSSR count). The summed E-state index contributed by atoms with van der Waals surface area (Å²) in [6.07, 6.45) is 0. The van der Waals surface area contributed by atoms with Gasteiger partial charge in [0.25, 0.3) is 0 Å². The van der Waals surface area contributed by atoms with Crippen LogP contribution in [-0.4, -0.2) is 0 Å². The Hall–Kier alpha value is -6.90. The van der Waals surface area contributed by atoms with Crippen LogP contribution >= 0.6 is 0 Å². The number of fused-ring (bicyclic) bond motifs is 1. The van der Waals surface area contributed by atoms with Crippen LogP contribution in [0.2, 0.25) is 0 Å². The summed E-state index contributed by atoms with van der Waals surface area (Å²) in [5.41, 5.74) is 14.7. The van der Waals surface area contributed by atoms with Crippen LogP contribution in [0.5, 0.6) is 0 Å². The Labute approximate surface area is 304 Å². The van der Waals surface area contributed by atoms with Crippen molar-refractivity contribution >= 4 is 28.0 Å². The molecule has 0 amide bonds. The zero-order chi connectivity index (χ0) is 34.7. The number of hydrogen-bond acceptors (Lipinski definition) is 2. The molecule has 0 saturated heterocycles. The molecule has 0 bridgehead atoms. The number of rotatable bonds is 8. The van der Waals surface area contributed by atoms with Gasteiger partial charge >= 0.3 is 0 Å². The standard InChI is InChI=1S/C50H35NO/c1-3-13-36(14-4-1)38-27-31-43(32-28-38)51(48-21-11-10-19-46(48)40-15-5-2-6-16-40)44-33-29-39(30-34-44)37-23-25-41(26-24-37)45-18-8-9-20-47(45)50-35-42-17-7-12-22-49(42)52-50/h1-35H. The smallest absolute Gasteiger partial charge is 0.136 e. The molecule has 0 spiro atoms. The molecule has 0 atom stereocenters. The van der Waals surface area contributed by atoms with Crippen molar-refractivity contribution in [3.8, 4) is 55.8 Å². The summed E-state index contributed by atoms with van der Waals surface area (Å²) in [5.74, 6) is 0.879. The first-order chi connectivity index (χ1) is 25.8. The first kappa shape index (κ1) is 31.1. The normalized spacial score (nSPS) is 11.1. The lowest BCUT2D eigenvalue weighted by Crippen LogP contribution is -2.11. The number of hydrogen-bond donors (Lipinski definition) is 0. The molecule has 52 heavy (non-hydrogen) atoms. The van der Waals surface area contributed by atoms with Gasteiger partial charge in [0, 0.05) is 27.9 Å². The van der Waals surface area contributed by atoms with Gasteiger partial charge in [-0.3, -0.25) is 0 Å². The predicted molar refractivity (Wildman–Crippen MR) is 218 cm³/mol. The van der Waals surface area contributed by atoms with Gasteiger partial charge in [-0.25, -0.2) is 0 Å². The molecule has 0 fully saturated rings. The Morgan fingerprint density at radius 1 is 0.308 bits per heavy atom. The fourth-order valence-corrected chi connectivity index (χ4v) is 7.10. The Morgan fingerprint density at radius 3 is 1.35 bits per heavy atom. The highest BCUT2D eigenvalue weighted by Gasteiger charge is 2.18. The Bertz CT molecular complexity index is 2550. The van der Waals surface area contributed by atoms with Gasteiger partial charge in [-0.2, -0.15) is 0 Å². The van der Waals surface area contributed by atoms with Gasteiger partial charge < -0.3 is 9.32 Å². The van der Waals surface area contributed by atoms with Gasteiger partial charge in [-0.1, -0.05) is 170 Å². The minimum atomic E-state index is 0.879. The first-order valence-electron chi connectivity index (χ1n) is 17.7. The average molecular weight is 666 g/mol. The number of benzene rings is 8. The molecule has 8 aromatic carbocycles. The van der Waals surface area contributed by atoms with Crippen LogP contribution in [-0.2, 0) is 0 Å². The van der Waals surface area contributed by atoms with Crippen molar-refractivity contribution in [2.45, 2.75) is 0 Å². The van der Waals surface area contributed by atoms with Crippen molar-refractivity contribution < 1.29 is 4.42 Å². The molecule has 2 nitrogen and oxygen atoms in total. The SMILES string of the molecule is c1ccc(-c2ccc(N(c3ccc(-c4ccc(-c5ccccc5-c5cc6ccccc6o5)cc4)cc3)c3ccccc3-c3ccccc3)cc2)cc1. The van der Waals surface area contributed by atoms with E-state index >= 15 is 0 Å². The van der Waals surface area contributed by atoms with Crippen LogP contribution < -0.4 is 4.90 Å². The third kappa shape index (κ3) is 6.08. The van der Waals surface area contributed by atoms with Gasteiger partial charge in [-0.15, -0.1) is 0 Å². The maximum absolute atomic E-state index is 6.26. The number of nitrogens with zero attached hydrogens (tertiary/aromatic N) is 1. The van der Waals surface area contributed by atoms with E-state index in [1.807, 2.05) is 18.2 Å². The summed E-state index contributed by atoms with van der Waals surface area (Å²) >= 11 is 0. The summed E-state index contributed by atoms with van der Waals surface area (Å²) in [5, 5.41) is 1.11. The van der Waals surface area contributed by atoms with Gasteiger partial charge in [-0.05, 0) is 81.4 Å². The van der Waals surface area contributed by atoms with E-state index < -0.39 is 0 Å². The third-order valence-corrected chi connectivity index (χ3v) is 9.74.